The molecule has 0 unspecified atom stereocenters. The fourth-order valence-corrected chi connectivity index (χ4v) is 2.69. The Balaban J connectivity index is 1.63. The van der Waals surface area contributed by atoms with Crippen molar-refractivity contribution in [2.24, 2.45) is 5.16 Å². The van der Waals surface area contributed by atoms with Crippen LogP contribution in [0.1, 0.15) is 23.1 Å². The fraction of sp³-hybridized carbons (Fsp3) is 0.211. The van der Waals surface area contributed by atoms with Gasteiger partial charge in [-0.2, -0.15) is 5.26 Å². The number of hydrogen-bond acceptors (Lipinski definition) is 4. The summed E-state index contributed by atoms with van der Waals surface area (Å²) in [6.07, 6.45) is -0.423. The molecule has 2 aromatic carbocycles. The largest absolute Gasteiger partial charge is 0.382 e. The van der Waals surface area contributed by atoms with E-state index >= 15 is 0 Å². The minimum Gasteiger partial charge on any atom is -0.382 e. The number of nitriles is 1. The van der Waals surface area contributed by atoms with E-state index in [-0.39, 0.29) is 11.7 Å². The number of likely N-dealkylation sites (N-methyl/N-ethyl adjacent to an activating group) is 1. The number of carbonyl (C=O) groups is 1. The van der Waals surface area contributed by atoms with Crippen LogP contribution in [0.15, 0.2) is 53.7 Å². The van der Waals surface area contributed by atoms with E-state index in [2.05, 4.69) is 11.2 Å². The monoisotopic (exact) mass is 337 g/mol. The minimum absolute atomic E-state index is 0.211. The van der Waals surface area contributed by atoms with Gasteiger partial charge in [0.1, 0.15) is 5.82 Å². The Hall–Kier alpha value is -3.20. The lowest BCUT2D eigenvalue weighted by atomic mass is 10.0. The number of benzene rings is 2. The van der Waals surface area contributed by atoms with Crippen LogP contribution in [0.3, 0.4) is 0 Å². The number of rotatable bonds is 4. The third-order valence-corrected chi connectivity index (χ3v) is 3.95. The molecule has 0 radical (unpaired) electrons. The van der Waals surface area contributed by atoms with Crippen molar-refractivity contribution in [2.45, 2.75) is 19.1 Å². The Morgan fingerprint density at radius 1 is 1.36 bits per heavy atom. The van der Waals surface area contributed by atoms with E-state index in [4.69, 9.17) is 10.1 Å². The molecule has 2 aromatic rings. The van der Waals surface area contributed by atoms with Gasteiger partial charge in [0.2, 0.25) is 6.10 Å². The second-order valence-corrected chi connectivity index (χ2v) is 5.85. The van der Waals surface area contributed by atoms with Crippen LogP contribution in [-0.4, -0.2) is 29.7 Å². The van der Waals surface area contributed by atoms with Crippen LogP contribution in [0.25, 0.3) is 0 Å². The summed E-state index contributed by atoms with van der Waals surface area (Å²) in [5.74, 6) is -0.568. The molecule has 0 spiro atoms. The van der Waals surface area contributed by atoms with Crippen LogP contribution in [0.2, 0.25) is 0 Å². The van der Waals surface area contributed by atoms with Crippen LogP contribution in [0.5, 0.6) is 0 Å². The molecule has 1 heterocycles. The van der Waals surface area contributed by atoms with Crippen molar-refractivity contribution in [3.63, 3.8) is 0 Å². The van der Waals surface area contributed by atoms with E-state index in [1.165, 1.54) is 17.0 Å². The standard InChI is InChI=1S/C19H16FN3O2/c1-23(12-14-5-2-4-13(8-14)11-21)19(24)18-10-17(22-25-18)15-6-3-7-16(20)9-15/h2-9,18H,10,12H2,1H3/t18-/m1/s1. The molecule has 0 aliphatic carbocycles. The third-order valence-electron chi connectivity index (χ3n) is 3.95. The van der Waals surface area contributed by atoms with Gasteiger partial charge in [-0.3, -0.25) is 4.79 Å². The number of carbonyl (C=O) groups excluding carboxylic acids is 1. The van der Waals surface area contributed by atoms with Gasteiger partial charge in [0.15, 0.2) is 0 Å². The minimum atomic E-state index is -0.720. The normalized spacial score (nSPS) is 15.9. The molecular formula is C19H16FN3O2. The zero-order valence-electron chi connectivity index (χ0n) is 13.6. The molecule has 0 saturated heterocycles. The van der Waals surface area contributed by atoms with E-state index in [1.54, 1.807) is 37.4 Å². The smallest absolute Gasteiger partial charge is 0.266 e. The molecule has 0 aromatic heterocycles. The van der Waals surface area contributed by atoms with Crippen LogP contribution < -0.4 is 0 Å². The first kappa shape index (κ1) is 16.7. The summed E-state index contributed by atoms with van der Waals surface area (Å²) in [6.45, 7) is 0.365. The summed E-state index contributed by atoms with van der Waals surface area (Å²) >= 11 is 0. The van der Waals surface area contributed by atoms with Gasteiger partial charge >= 0.3 is 0 Å². The van der Waals surface area contributed by atoms with Crippen molar-refractivity contribution in [2.75, 3.05) is 7.05 Å². The van der Waals surface area contributed by atoms with Gasteiger partial charge in [-0.1, -0.05) is 29.4 Å². The Morgan fingerprint density at radius 2 is 2.16 bits per heavy atom. The van der Waals surface area contributed by atoms with Crippen LogP contribution in [0, 0.1) is 17.1 Å². The van der Waals surface area contributed by atoms with Gasteiger partial charge in [0.05, 0.1) is 17.3 Å². The SMILES string of the molecule is CN(Cc1cccc(C#N)c1)C(=O)[C@H]1CC(c2cccc(F)c2)=NO1. The lowest BCUT2D eigenvalue weighted by Gasteiger charge is -2.20. The summed E-state index contributed by atoms with van der Waals surface area (Å²) in [7, 11) is 1.67. The second-order valence-electron chi connectivity index (χ2n) is 5.85. The molecule has 5 nitrogen and oxygen atoms in total. The Morgan fingerprint density at radius 3 is 2.92 bits per heavy atom. The van der Waals surface area contributed by atoms with Crippen molar-refractivity contribution < 1.29 is 14.0 Å². The lowest BCUT2D eigenvalue weighted by molar-refractivity contribution is -0.141. The van der Waals surface area contributed by atoms with Crippen molar-refractivity contribution in [1.29, 1.82) is 5.26 Å². The van der Waals surface area contributed by atoms with Crippen LogP contribution in [-0.2, 0) is 16.2 Å². The highest BCUT2D eigenvalue weighted by Crippen LogP contribution is 2.19. The molecule has 3 rings (SSSR count). The zero-order chi connectivity index (χ0) is 17.8. The van der Waals surface area contributed by atoms with Gasteiger partial charge in [0.25, 0.3) is 5.91 Å². The molecule has 6 heteroatoms. The number of nitrogens with zero attached hydrogens (tertiary/aromatic N) is 3. The van der Waals surface area contributed by atoms with Gasteiger partial charge in [0, 0.05) is 25.6 Å². The number of oxime groups is 1. The summed E-state index contributed by atoms with van der Waals surface area (Å²) in [4.78, 5) is 19.3. The van der Waals surface area contributed by atoms with Crippen molar-refractivity contribution in [3.8, 4) is 6.07 Å². The molecule has 126 valence electrons. The van der Waals surface area contributed by atoms with Crippen molar-refractivity contribution in [3.05, 3.63) is 71.0 Å². The van der Waals surface area contributed by atoms with E-state index < -0.39 is 6.10 Å². The number of amides is 1. The summed E-state index contributed by atoms with van der Waals surface area (Å²) in [6, 6.07) is 15.2. The van der Waals surface area contributed by atoms with E-state index in [0.717, 1.165) is 5.56 Å². The molecule has 0 bridgehead atoms. The van der Waals surface area contributed by atoms with Crippen molar-refractivity contribution >= 4 is 11.6 Å². The van der Waals surface area contributed by atoms with Crippen LogP contribution >= 0.6 is 0 Å². The molecular weight excluding hydrogens is 321 g/mol. The van der Waals surface area contributed by atoms with Gasteiger partial charge in [-0.25, -0.2) is 4.39 Å². The maximum absolute atomic E-state index is 13.3. The predicted molar refractivity (Wildman–Crippen MR) is 90.1 cm³/mol. The zero-order valence-corrected chi connectivity index (χ0v) is 13.6. The summed E-state index contributed by atoms with van der Waals surface area (Å²) in [5.41, 5.74) is 2.57. The van der Waals surface area contributed by atoms with Crippen molar-refractivity contribution in [1.82, 2.24) is 4.90 Å². The third kappa shape index (κ3) is 3.83. The highest BCUT2D eigenvalue weighted by molar-refractivity contribution is 6.04. The quantitative estimate of drug-likeness (QED) is 0.862. The number of hydrogen-bond donors (Lipinski definition) is 0. The Kier molecular flexibility index (Phi) is 4.75. The van der Waals surface area contributed by atoms with Gasteiger partial charge < -0.3 is 9.74 Å². The van der Waals surface area contributed by atoms with Gasteiger partial charge in [-0.15, -0.1) is 0 Å². The molecule has 0 saturated carbocycles. The molecule has 0 N–H and O–H groups in total. The topological polar surface area (TPSA) is 65.7 Å². The first-order valence-corrected chi connectivity index (χ1v) is 7.79. The first-order chi connectivity index (χ1) is 12.1. The van der Waals surface area contributed by atoms with E-state index in [0.29, 0.717) is 29.8 Å². The maximum Gasteiger partial charge on any atom is 0.266 e. The summed E-state index contributed by atoms with van der Waals surface area (Å²) < 4.78 is 13.3. The molecule has 1 amide bonds. The number of halogens is 1. The second kappa shape index (κ2) is 7.14. The highest BCUT2D eigenvalue weighted by Gasteiger charge is 2.31. The lowest BCUT2D eigenvalue weighted by Crippen LogP contribution is -2.36. The average molecular weight is 337 g/mol. The molecule has 1 atom stereocenters. The molecule has 0 fully saturated rings. The summed E-state index contributed by atoms with van der Waals surface area (Å²) in [5, 5.41) is 12.9. The first-order valence-electron chi connectivity index (χ1n) is 7.79. The average Bonchev–Trinajstić information content (AvgIpc) is 3.11. The molecule has 1 aliphatic rings. The Labute approximate surface area is 144 Å². The Bertz CT molecular complexity index is 873. The molecule has 1 aliphatic heterocycles. The van der Waals surface area contributed by atoms with E-state index in [1.807, 2.05) is 6.07 Å². The van der Waals surface area contributed by atoms with Crippen LogP contribution in [0.4, 0.5) is 4.39 Å². The predicted octanol–water partition coefficient (Wildman–Crippen LogP) is 2.85. The highest BCUT2D eigenvalue weighted by atomic mass is 19.1. The van der Waals surface area contributed by atoms with Gasteiger partial charge in [-0.05, 0) is 29.8 Å². The molecule has 25 heavy (non-hydrogen) atoms. The maximum atomic E-state index is 13.3. The fourth-order valence-electron chi connectivity index (χ4n) is 2.69. The van der Waals surface area contributed by atoms with E-state index in [9.17, 15) is 9.18 Å².